The first-order valence-electron chi connectivity index (χ1n) is 15.3. The molecule has 3 amide bonds. The summed E-state index contributed by atoms with van der Waals surface area (Å²) in [5, 5.41) is 3.40. The molecule has 6 unspecified atom stereocenters. The van der Waals surface area contributed by atoms with Gasteiger partial charge in [0.1, 0.15) is 5.75 Å². The van der Waals surface area contributed by atoms with E-state index in [1.54, 1.807) is 48.2 Å². The number of H-pyrrole nitrogens is 1. The Morgan fingerprint density at radius 3 is 2.47 bits per heavy atom. The molecular weight excluding hydrogens is 767 g/mol. The number of thioether (sulfide) groups is 1. The number of carbonyl (C=O) groups is 3. The highest BCUT2D eigenvalue weighted by atomic mass is 79.9. The van der Waals surface area contributed by atoms with Gasteiger partial charge in [-0.15, -0.1) is 11.8 Å². The average Bonchev–Trinajstić information content (AvgIpc) is 3.79. The third kappa shape index (κ3) is 5.42. The molecule has 3 aromatic carbocycles. The molecule has 8 rings (SSSR count). The number of nitrogens with one attached hydrogen (secondary N) is 2. The molecule has 2 aliphatic heterocycles. The smallest absolute Gasteiger partial charge is 0.418 e. The van der Waals surface area contributed by atoms with E-state index in [0.29, 0.717) is 37.9 Å². The molecule has 2 aliphatic carbocycles. The summed E-state index contributed by atoms with van der Waals surface area (Å²) in [4.78, 5) is 58.4. The lowest BCUT2D eigenvalue weighted by Crippen LogP contribution is -2.42. The number of carbonyl (C=O) groups excluding carboxylic acids is 3. The number of aromatic amines is 1. The van der Waals surface area contributed by atoms with Gasteiger partial charge < -0.3 is 15.0 Å². The minimum atomic E-state index is -4.66. The van der Waals surface area contributed by atoms with Crippen LogP contribution in [-0.2, 0) is 20.6 Å². The molecule has 0 radical (unpaired) electrons. The van der Waals surface area contributed by atoms with Gasteiger partial charge in [0.2, 0.25) is 11.8 Å². The van der Waals surface area contributed by atoms with Crippen molar-refractivity contribution >= 4 is 79.7 Å². The maximum Gasteiger partial charge on any atom is 0.418 e. The Bertz CT molecular complexity index is 2090. The van der Waals surface area contributed by atoms with Crippen LogP contribution in [0.15, 0.2) is 81.0 Å². The van der Waals surface area contributed by atoms with E-state index in [4.69, 9.17) is 16.3 Å². The lowest BCUT2D eigenvalue weighted by atomic mass is 9.68. The normalized spacial score (nSPS) is 26.8. The molecular formula is C34H24BrClF3N3O5S2. The second-order valence-corrected chi connectivity index (χ2v) is 16.1. The first-order valence-corrected chi connectivity index (χ1v) is 18.2. The van der Waals surface area contributed by atoms with E-state index in [0.717, 1.165) is 22.3 Å². The van der Waals surface area contributed by atoms with Crippen molar-refractivity contribution in [3.8, 4) is 5.75 Å². The summed E-state index contributed by atoms with van der Waals surface area (Å²) < 4.78 is 47.3. The quantitative estimate of drug-likeness (QED) is 0.195. The van der Waals surface area contributed by atoms with Crippen LogP contribution in [0.2, 0.25) is 5.02 Å². The van der Waals surface area contributed by atoms with E-state index in [1.165, 1.54) is 23.1 Å². The molecule has 2 saturated carbocycles. The fourth-order valence-electron chi connectivity index (χ4n) is 8.27. The monoisotopic (exact) mass is 789 g/mol. The third-order valence-corrected chi connectivity index (χ3v) is 13.3. The van der Waals surface area contributed by atoms with Gasteiger partial charge in [0.25, 0.3) is 5.91 Å². The van der Waals surface area contributed by atoms with Crippen LogP contribution in [0.4, 0.5) is 24.5 Å². The number of para-hydroxylation sites is 1. The molecule has 3 fully saturated rings. The van der Waals surface area contributed by atoms with Gasteiger partial charge in [-0.2, -0.15) is 13.2 Å². The molecule has 4 aromatic rings. The van der Waals surface area contributed by atoms with Gasteiger partial charge in [0, 0.05) is 31.1 Å². The first-order chi connectivity index (χ1) is 23.4. The number of nitrogens with zero attached hydrogens (tertiary/aromatic N) is 1. The molecule has 2 bridgehead atoms. The zero-order chi connectivity index (χ0) is 34.4. The highest BCUT2D eigenvalue weighted by Crippen LogP contribution is 2.69. The molecule has 7 atom stereocenters. The van der Waals surface area contributed by atoms with E-state index in [1.807, 2.05) is 6.07 Å². The number of anilines is 2. The number of ether oxygens (including phenoxy) is 1. The summed E-state index contributed by atoms with van der Waals surface area (Å²) in [6, 6.07) is 16.6. The Balaban J connectivity index is 1.12. The molecule has 0 spiro atoms. The van der Waals surface area contributed by atoms with Crippen LogP contribution in [-0.4, -0.2) is 34.6 Å². The highest BCUT2D eigenvalue weighted by Gasteiger charge is 2.70. The van der Waals surface area contributed by atoms with Crippen LogP contribution in [0, 0.1) is 29.6 Å². The third-order valence-electron chi connectivity index (χ3n) is 9.98. The summed E-state index contributed by atoms with van der Waals surface area (Å²) in [5.74, 6) is -2.83. The van der Waals surface area contributed by atoms with Gasteiger partial charge in [-0.3, -0.25) is 24.1 Å². The average molecular weight is 791 g/mol. The van der Waals surface area contributed by atoms with Crippen LogP contribution < -0.4 is 19.8 Å². The Hall–Kier alpha value is -3.59. The maximum atomic E-state index is 14.0. The lowest BCUT2D eigenvalue weighted by Gasteiger charge is -2.43. The minimum absolute atomic E-state index is 0.0927. The number of benzene rings is 3. The van der Waals surface area contributed by atoms with E-state index >= 15 is 0 Å². The number of alkyl halides is 3. The standard InChI is InChI=1S/C34H24BrClF3N3O5S2/c35-14-5-10-22(47-13-23(43)40-21-4-2-1-3-20(21)34(37,38)39)17(11-14)24-25-18-12-19(28(25)48-30-29(24)49-33(46)41-30)27-26(18)31(44)42(32(27)45)16-8-6-15(36)7-9-16/h1-11,18-19,24-28H,12-13H2,(H,40,43)(H,41,46)/t18?,19?,24-,25?,26?,27?,28?/m1/s1. The fourth-order valence-corrected chi connectivity index (χ4v) is 11.7. The Labute approximate surface area is 298 Å². The molecule has 1 aromatic heterocycles. The SMILES string of the molecule is O=C(COc1ccc(Br)cc1[C@H]1c2sc(=O)[nH]c2SC2C3CC(C4C(=O)N(c5ccc(Cl)cc5)C(=O)C34)C21)Nc1ccccc1C(F)(F)F. The number of imide groups is 1. The minimum Gasteiger partial charge on any atom is -0.483 e. The highest BCUT2D eigenvalue weighted by molar-refractivity contribution is 9.10. The summed E-state index contributed by atoms with van der Waals surface area (Å²) in [6.07, 6.45) is -3.99. The maximum absolute atomic E-state index is 14.0. The summed E-state index contributed by atoms with van der Waals surface area (Å²) >= 11 is 12.2. The zero-order valence-electron chi connectivity index (χ0n) is 25.0. The van der Waals surface area contributed by atoms with Crippen LogP contribution in [0.5, 0.6) is 5.75 Å². The zero-order valence-corrected chi connectivity index (χ0v) is 29.0. The molecule has 4 aliphatic rings. The van der Waals surface area contributed by atoms with Gasteiger partial charge >= 0.3 is 11.0 Å². The summed E-state index contributed by atoms with van der Waals surface area (Å²) in [6.45, 7) is -0.577. The van der Waals surface area contributed by atoms with E-state index in [-0.39, 0.29) is 45.4 Å². The molecule has 8 nitrogen and oxygen atoms in total. The Morgan fingerprint density at radius 2 is 1.73 bits per heavy atom. The molecule has 15 heteroatoms. The van der Waals surface area contributed by atoms with Crippen LogP contribution in [0.25, 0.3) is 0 Å². The number of thiazole rings is 1. The fraction of sp³-hybridized carbons (Fsp3) is 0.294. The second-order valence-electron chi connectivity index (χ2n) is 12.5. The predicted octanol–water partition coefficient (Wildman–Crippen LogP) is 7.57. The number of amides is 3. The van der Waals surface area contributed by atoms with Crippen molar-refractivity contribution in [2.75, 3.05) is 16.8 Å². The number of halogens is 5. The van der Waals surface area contributed by atoms with Crippen LogP contribution in [0.3, 0.4) is 0 Å². The van der Waals surface area contributed by atoms with Gasteiger partial charge in [0.15, 0.2) is 6.61 Å². The summed E-state index contributed by atoms with van der Waals surface area (Å²) in [5.41, 5.74) is -0.214. The van der Waals surface area contributed by atoms with E-state index < -0.39 is 42.0 Å². The van der Waals surface area contributed by atoms with E-state index in [2.05, 4.69) is 26.2 Å². The van der Waals surface area contributed by atoms with Crippen LogP contribution in [0.1, 0.15) is 28.3 Å². The van der Waals surface area contributed by atoms with Crippen molar-refractivity contribution in [3.05, 3.63) is 102 Å². The van der Waals surface area contributed by atoms with Gasteiger partial charge in [0.05, 0.1) is 33.8 Å². The summed E-state index contributed by atoms with van der Waals surface area (Å²) in [7, 11) is 0. The van der Waals surface area contributed by atoms with Crippen molar-refractivity contribution in [2.45, 2.75) is 28.8 Å². The second kappa shape index (κ2) is 12.0. The number of fused-ring (bicyclic) bond motifs is 9. The van der Waals surface area contributed by atoms with E-state index in [9.17, 15) is 32.3 Å². The largest absolute Gasteiger partial charge is 0.483 e. The van der Waals surface area contributed by atoms with Gasteiger partial charge in [-0.25, -0.2) is 0 Å². The van der Waals surface area contributed by atoms with Crippen molar-refractivity contribution in [3.63, 3.8) is 0 Å². The number of hydrogen-bond acceptors (Lipinski definition) is 7. The van der Waals surface area contributed by atoms with Crippen molar-refractivity contribution < 1.29 is 32.3 Å². The van der Waals surface area contributed by atoms with Crippen molar-refractivity contribution in [2.24, 2.45) is 29.6 Å². The van der Waals surface area contributed by atoms with Crippen molar-refractivity contribution in [1.29, 1.82) is 0 Å². The number of hydrogen-bond donors (Lipinski definition) is 2. The molecule has 3 heterocycles. The number of aromatic nitrogens is 1. The molecule has 49 heavy (non-hydrogen) atoms. The Kier molecular flexibility index (Phi) is 8.00. The van der Waals surface area contributed by atoms with Gasteiger partial charge in [-0.05, 0) is 78.8 Å². The Morgan fingerprint density at radius 1 is 1.02 bits per heavy atom. The molecule has 1 saturated heterocycles. The van der Waals surface area contributed by atoms with Crippen LogP contribution >= 0.6 is 50.6 Å². The topological polar surface area (TPSA) is 109 Å². The van der Waals surface area contributed by atoms with Gasteiger partial charge in [-0.1, -0.05) is 51.0 Å². The number of rotatable bonds is 6. The predicted molar refractivity (Wildman–Crippen MR) is 182 cm³/mol. The lowest BCUT2D eigenvalue weighted by molar-refractivity contribution is -0.137. The van der Waals surface area contributed by atoms with Crippen molar-refractivity contribution in [1.82, 2.24) is 4.98 Å². The molecule has 252 valence electrons. The first kappa shape index (κ1) is 32.6. The molecule has 2 N–H and O–H groups in total.